The van der Waals surface area contributed by atoms with E-state index in [0.717, 1.165) is 5.56 Å². The second kappa shape index (κ2) is 11.5. The molecule has 1 unspecified atom stereocenters. The molecule has 1 atom stereocenters. The summed E-state index contributed by atoms with van der Waals surface area (Å²) in [4.78, 5) is 26.8. The molecule has 6 nitrogen and oxygen atoms in total. The van der Waals surface area contributed by atoms with Crippen LogP contribution in [0.5, 0.6) is 0 Å². The van der Waals surface area contributed by atoms with Crippen LogP contribution in [0, 0.1) is 16.2 Å². The summed E-state index contributed by atoms with van der Waals surface area (Å²) in [6, 6.07) is 9.88. The molecule has 0 radical (unpaired) electrons. The number of carbonyl (C=O) groups is 1. The number of amides is 1. The summed E-state index contributed by atoms with van der Waals surface area (Å²) < 4.78 is 0. The van der Waals surface area contributed by atoms with Gasteiger partial charge in [-0.25, -0.2) is 0 Å². The molecule has 0 bridgehead atoms. The van der Waals surface area contributed by atoms with Crippen LogP contribution in [0.3, 0.4) is 0 Å². The van der Waals surface area contributed by atoms with Crippen LogP contribution in [0.4, 0.5) is 0 Å². The normalized spacial score (nSPS) is 14.0. The number of nitroso groups, excluding NO2 is 1. The number of benzene rings is 1. The third-order valence-corrected chi connectivity index (χ3v) is 3.58. The van der Waals surface area contributed by atoms with E-state index in [0.29, 0.717) is 17.0 Å². The number of hydrogen-bond donors (Lipinski definition) is 1. The summed E-state index contributed by atoms with van der Waals surface area (Å²) in [6.45, 7) is 1.82. The highest BCUT2D eigenvalue weighted by atomic mass is 35.5. The number of halogens is 1. The molecular weight excluding hydrogens is 352 g/mol. The van der Waals surface area contributed by atoms with Gasteiger partial charge in [-0.3, -0.25) is 9.79 Å². The fraction of sp³-hybridized carbons (Fsp3) is 0.211. The predicted octanol–water partition coefficient (Wildman–Crippen LogP) is 3.85. The second-order valence-corrected chi connectivity index (χ2v) is 5.25. The van der Waals surface area contributed by atoms with Crippen LogP contribution >= 0.6 is 11.6 Å². The van der Waals surface area contributed by atoms with Gasteiger partial charge in [-0.15, -0.1) is 4.91 Å². The average Bonchev–Trinajstić information content (AvgIpc) is 2.69. The lowest BCUT2D eigenvalue weighted by Crippen LogP contribution is -2.22. The van der Waals surface area contributed by atoms with Crippen molar-refractivity contribution < 1.29 is 4.79 Å². The van der Waals surface area contributed by atoms with Crippen LogP contribution < -0.4 is 5.32 Å². The Morgan fingerprint density at radius 3 is 2.58 bits per heavy atom. The molecule has 0 fully saturated rings. The molecule has 1 aromatic carbocycles. The lowest BCUT2D eigenvalue weighted by Gasteiger charge is -2.16. The standard InChI is InChI=1S/C19H19ClN4O2/c1-3-15(16(22-2)10-7-12-20)18(14-8-5-4-6-9-14)23-17(11-13-21)19(25)24-26/h3-10,12,17,22H,11H2,1-2H3/b12-7+,15-3+,16-10+,23-18?. The van der Waals surface area contributed by atoms with Crippen molar-refractivity contribution in [3.63, 3.8) is 0 Å². The lowest BCUT2D eigenvalue weighted by atomic mass is 9.98. The predicted molar refractivity (Wildman–Crippen MR) is 104 cm³/mol. The number of hydrogen-bond acceptors (Lipinski definition) is 5. The van der Waals surface area contributed by atoms with E-state index in [1.54, 1.807) is 19.2 Å². The number of allylic oxidation sites excluding steroid dienone is 4. The molecule has 0 aliphatic carbocycles. The molecule has 7 heteroatoms. The van der Waals surface area contributed by atoms with Crippen molar-refractivity contribution in [3.05, 3.63) is 75.8 Å². The zero-order valence-corrected chi connectivity index (χ0v) is 15.3. The molecule has 1 N–H and O–H groups in total. The molecule has 1 aromatic rings. The van der Waals surface area contributed by atoms with Gasteiger partial charge in [0.25, 0.3) is 0 Å². The molecule has 26 heavy (non-hydrogen) atoms. The van der Waals surface area contributed by atoms with Crippen LogP contribution in [0.1, 0.15) is 18.9 Å². The Hall–Kier alpha value is -3.04. The van der Waals surface area contributed by atoms with Gasteiger partial charge in [0.2, 0.25) is 0 Å². The first-order valence-electron chi connectivity index (χ1n) is 7.82. The summed E-state index contributed by atoms with van der Waals surface area (Å²) in [5.41, 5.74) is 3.96. The number of rotatable bonds is 8. The van der Waals surface area contributed by atoms with Gasteiger partial charge in [0.05, 0.1) is 18.2 Å². The zero-order chi connectivity index (χ0) is 19.4. The van der Waals surface area contributed by atoms with Crippen molar-refractivity contribution in [2.24, 2.45) is 10.2 Å². The van der Waals surface area contributed by atoms with E-state index < -0.39 is 11.9 Å². The van der Waals surface area contributed by atoms with Crippen LogP contribution in [0.25, 0.3) is 0 Å². The Kier molecular flexibility index (Phi) is 9.29. The molecule has 0 aromatic heterocycles. The SMILES string of the molecule is C\C=C(C(=NC(CC#N)C(=O)N=O)c1ccccc1)/C(=C\C=C\Cl)NC. The van der Waals surface area contributed by atoms with Crippen LogP contribution in [0.2, 0.25) is 0 Å². The monoisotopic (exact) mass is 370 g/mol. The van der Waals surface area contributed by atoms with Gasteiger partial charge in [0.1, 0.15) is 6.04 Å². The third kappa shape index (κ3) is 5.80. The van der Waals surface area contributed by atoms with Crippen molar-refractivity contribution in [1.82, 2.24) is 5.32 Å². The highest BCUT2D eigenvalue weighted by Gasteiger charge is 2.21. The van der Waals surface area contributed by atoms with Gasteiger partial charge in [-0.05, 0) is 19.1 Å². The van der Waals surface area contributed by atoms with E-state index in [4.69, 9.17) is 16.9 Å². The summed E-state index contributed by atoms with van der Waals surface area (Å²) >= 11 is 5.60. The van der Waals surface area contributed by atoms with Crippen molar-refractivity contribution in [1.29, 1.82) is 5.26 Å². The maximum absolute atomic E-state index is 11.8. The zero-order valence-electron chi connectivity index (χ0n) is 14.5. The Balaban J connectivity index is 3.59. The summed E-state index contributed by atoms with van der Waals surface area (Å²) in [7, 11) is 1.74. The fourth-order valence-corrected chi connectivity index (χ4v) is 2.32. The van der Waals surface area contributed by atoms with Gasteiger partial charge in [0.15, 0.2) is 0 Å². The first-order chi connectivity index (χ1) is 12.6. The maximum atomic E-state index is 11.8. The van der Waals surface area contributed by atoms with Crippen LogP contribution in [0.15, 0.2) is 75.5 Å². The van der Waals surface area contributed by atoms with Gasteiger partial charge in [0, 0.05) is 34.6 Å². The van der Waals surface area contributed by atoms with E-state index in [9.17, 15) is 9.70 Å². The number of carbonyl (C=O) groups excluding carboxylic acids is 1. The van der Waals surface area contributed by atoms with Crippen molar-refractivity contribution in [2.45, 2.75) is 19.4 Å². The molecule has 0 saturated heterocycles. The molecule has 0 saturated carbocycles. The van der Waals surface area contributed by atoms with Crippen molar-refractivity contribution >= 4 is 23.2 Å². The van der Waals surface area contributed by atoms with Crippen molar-refractivity contribution in [3.8, 4) is 6.07 Å². The fourth-order valence-electron chi connectivity index (χ4n) is 2.25. The molecule has 0 aliphatic heterocycles. The van der Waals surface area contributed by atoms with E-state index in [1.165, 1.54) is 5.54 Å². The topological polar surface area (TPSA) is 94.7 Å². The number of nitrogens with one attached hydrogen (secondary N) is 1. The van der Waals surface area contributed by atoms with Crippen LogP contribution in [-0.4, -0.2) is 24.7 Å². The summed E-state index contributed by atoms with van der Waals surface area (Å²) in [6.07, 6.45) is 4.97. The van der Waals surface area contributed by atoms with Gasteiger partial charge >= 0.3 is 5.91 Å². The average molecular weight is 371 g/mol. The molecular formula is C19H19ClN4O2. The molecule has 134 valence electrons. The minimum absolute atomic E-state index is 0.238. The Bertz CT molecular complexity index is 790. The van der Waals surface area contributed by atoms with Gasteiger partial charge in [-0.2, -0.15) is 5.26 Å². The van der Waals surface area contributed by atoms with Gasteiger partial charge in [-0.1, -0.05) is 48.0 Å². The minimum atomic E-state index is -1.16. The number of aliphatic imine (C=N–C) groups is 1. The van der Waals surface area contributed by atoms with Gasteiger partial charge < -0.3 is 5.32 Å². The molecule has 0 heterocycles. The van der Waals surface area contributed by atoms with E-state index in [-0.39, 0.29) is 6.42 Å². The molecule has 1 rings (SSSR count). The smallest absolute Gasteiger partial charge is 0.311 e. The molecule has 0 spiro atoms. The Morgan fingerprint density at radius 1 is 1.38 bits per heavy atom. The number of nitriles is 1. The van der Waals surface area contributed by atoms with Crippen molar-refractivity contribution in [2.75, 3.05) is 7.05 Å². The lowest BCUT2D eigenvalue weighted by molar-refractivity contribution is -0.118. The molecule has 1 amide bonds. The first-order valence-corrected chi connectivity index (χ1v) is 8.25. The second-order valence-electron chi connectivity index (χ2n) is 5.00. The van der Waals surface area contributed by atoms with Crippen LogP contribution in [-0.2, 0) is 4.79 Å². The number of nitrogens with zero attached hydrogens (tertiary/aromatic N) is 3. The largest absolute Gasteiger partial charge is 0.388 e. The highest BCUT2D eigenvalue weighted by Crippen LogP contribution is 2.18. The maximum Gasteiger partial charge on any atom is 0.311 e. The van der Waals surface area contributed by atoms with E-state index in [2.05, 4.69) is 15.5 Å². The minimum Gasteiger partial charge on any atom is -0.388 e. The van der Waals surface area contributed by atoms with E-state index in [1.807, 2.05) is 49.4 Å². The first kappa shape index (κ1) is 21.0. The Morgan fingerprint density at radius 2 is 2.08 bits per heavy atom. The highest BCUT2D eigenvalue weighted by molar-refractivity contribution is 6.25. The summed E-state index contributed by atoms with van der Waals surface area (Å²) in [5.74, 6) is -0.980. The van der Waals surface area contributed by atoms with E-state index >= 15 is 0 Å². The Labute approximate surface area is 157 Å². The summed E-state index contributed by atoms with van der Waals surface area (Å²) in [5, 5.41) is 14.4. The number of likely N-dealkylation sites (N-methyl/N-ethyl adjacent to an activating group) is 1. The molecule has 0 aliphatic rings. The quantitative estimate of drug-likeness (QED) is 0.427. The third-order valence-electron chi connectivity index (χ3n) is 3.43.